The summed E-state index contributed by atoms with van der Waals surface area (Å²) in [6.07, 6.45) is 2.13. The molecule has 0 spiro atoms. The number of ketones is 1. The highest BCUT2D eigenvalue weighted by atomic mass is 32.2. The number of primary amides is 1. The Morgan fingerprint density at radius 1 is 0.959 bits per heavy atom. The number of urea groups is 1. The van der Waals surface area contributed by atoms with Gasteiger partial charge < -0.3 is 26.6 Å². The number of carbonyl (C=O) groups excluding carboxylic acids is 5. The topological polar surface area (TPSA) is 188 Å². The first-order valence-corrected chi connectivity index (χ1v) is 18.6. The molecule has 6 atom stereocenters. The number of hydrogen-bond acceptors (Lipinski definition) is 7. The number of Topliss-reactive ketones (excluding diaryl/α,β-unsaturated/α-hetero) is 1. The molecule has 5 N–H and O–H groups in total. The molecule has 2 heterocycles. The number of amides is 5. The van der Waals surface area contributed by atoms with E-state index in [1.807, 2.05) is 55.4 Å². The van der Waals surface area contributed by atoms with Crippen LogP contribution in [-0.4, -0.2) is 84.4 Å². The molecule has 0 bridgehead atoms. The Morgan fingerprint density at radius 3 is 2.14 bits per heavy atom. The molecule has 2 aliphatic carbocycles. The van der Waals surface area contributed by atoms with Gasteiger partial charge >= 0.3 is 6.03 Å². The number of rotatable bonds is 11. The third-order valence-electron chi connectivity index (χ3n) is 11.0. The van der Waals surface area contributed by atoms with Crippen molar-refractivity contribution in [2.75, 3.05) is 13.1 Å². The van der Waals surface area contributed by atoms with Gasteiger partial charge in [-0.15, -0.1) is 0 Å². The first-order valence-electron chi connectivity index (χ1n) is 17.1. The molecule has 1 saturated heterocycles. The van der Waals surface area contributed by atoms with Gasteiger partial charge in [0, 0.05) is 25.7 Å². The van der Waals surface area contributed by atoms with Crippen molar-refractivity contribution < 1.29 is 32.4 Å². The maximum Gasteiger partial charge on any atom is 0.315 e. The van der Waals surface area contributed by atoms with Gasteiger partial charge in [-0.1, -0.05) is 86.4 Å². The molecule has 13 nitrogen and oxygen atoms in total. The summed E-state index contributed by atoms with van der Waals surface area (Å²) in [4.78, 5) is 68.2. The zero-order valence-corrected chi connectivity index (χ0v) is 30.6. The van der Waals surface area contributed by atoms with Crippen LogP contribution in [0.4, 0.5) is 4.79 Å². The summed E-state index contributed by atoms with van der Waals surface area (Å²) in [5, 5.41) is 8.57. The molecule has 270 valence electrons. The van der Waals surface area contributed by atoms with Crippen LogP contribution in [0.15, 0.2) is 29.2 Å². The highest BCUT2D eigenvalue weighted by Gasteiger charge is 2.70. The van der Waals surface area contributed by atoms with Gasteiger partial charge in [-0.05, 0) is 52.0 Å². The van der Waals surface area contributed by atoms with E-state index in [2.05, 4.69) is 16.0 Å². The fourth-order valence-electron chi connectivity index (χ4n) is 7.51. The van der Waals surface area contributed by atoms with Crippen LogP contribution < -0.4 is 21.7 Å². The van der Waals surface area contributed by atoms with Crippen molar-refractivity contribution in [1.29, 1.82) is 0 Å². The molecular formula is C35H52N6O7S. The molecule has 14 heteroatoms. The van der Waals surface area contributed by atoms with Crippen LogP contribution in [0.5, 0.6) is 0 Å². The van der Waals surface area contributed by atoms with E-state index < -0.39 is 74.6 Å². The highest BCUT2D eigenvalue weighted by molar-refractivity contribution is 7.89. The normalized spacial score (nSPS) is 25.7. The zero-order valence-electron chi connectivity index (χ0n) is 29.8. The average molecular weight is 701 g/mol. The van der Waals surface area contributed by atoms with Gasteiger partial charge in [0.2, 0.25) is 27.6 Å². The van der Waals surface area contributed by atoms with Crippen molar-refractivity contribution in [3.63, 3.8) is 0 Å². The van der Waals surface area contributed by atoms with Gasteiger partial charge in [0.05, 0.1) is 10.9 Å². The van der Waals surface area contributed by atoms with Crippen molar-refractivity contribution in [2.24, 2.45) is 39.7 Å². The average Bonchev–Trinajstić information content (AvgIpc) is 3.80. The number of piperidine rings is 1. The second-order valence-corrected chi connectivity index (χ2v) is 19.0. The fraction of sp³-hybridized carbons (Fsp3) is 0.686. The lowest BCUT2D eigenvalue weighted by atomic mass is 9.85. The minimum Gasteiger partial charge on any atom is -0.363 e. The molecule has 0 radical (unpaired) electrons. The molecule has 49 heavy (non-hydrogen) atoms. The van der Waals surface area contributed by atoms with Crippen LogP contribution in [0.3, 0.4) is 0 Å². The molecule has 5 rings (SSSR count). The quantitative estimate of drug-likeness (QED) is 0.255. The number of likely N-dealkylation sites (tertiary alicyclic amines) is 1. The maximum atomic E-state index is 14.4. The Bertz CT molecular complexity index is 1640. The van der Waals surface area contributed by atoms with Crippen LogP contribution in [-0.2, 0) is 35.7 Å². The largest absolute Gasteiger partial charge is 0.363 e. The molecule has 0 aromatic heterocycles. The summed E-state index contributed by atoms with van der Waals surface area (Å²) < 4.78 is 28.0. The predicted octanol–water partition coefficient (Wildman–Crippen LogP) is 2.14. The third kappa shape index (κ3) is 7.35. The van der Waals surface area contributed by atoms with Crippen LogP contribution in [0.2, 0.25) is 0 Å². The monoisotopic (exact) mass is 700 g/mol. The Morgan fingerprint density at radius 2 is 1.59 bits per heavy atom. The standard InChI is InChI=1S/C35H52N6O7S/c1-33(2,3)24(18-40-16-20-11-9-10-12-23(20)49(40,47)48)38-32(46)39-28(34(4,5)6)31(45)41-17-21-25(35(21,7)8)26(41)30(44)37-22(15-19-13-14-19)27(42)29(36)43/h9-12,19,21-22,24-26,28H,13-18H2,1-8H3,(H2,36,43)(H,37,44)(H2,38,39,46)/t21-,22?,24+,25-,26-,28+/m0/s1. The van der Waals surface area contributed by atoms with Gasteiger partial charge in [-0.25, -0.2) is 13.2 Å². The van der Waals surface area contributed by atoms with Gasteiger partial charge in [-0.3, -0.25) is 19.2 Å². The lowest BCUT2D eigenvalue weighted by Gasteiger charge is -2.39. The van der Waals surface area contributed by atoms with E-state index in [1.54, 1.807) is 24.3 Å². The van der Waals surface area contributed by atoms with E-state index in [4.69, 9.17) is 5.73 Å². The van der Waals surface area contributed by atoms with E-state index in [0.717, 1.165) is 12.8 Å². The molecular weight excluding hydrogens is 648 g/mol. The van der Waals surface area contributed by atoms with E-state index >= 15 is 0 Å². The SMILES string of the molecule is CC(C)(C)[C@H](NC(=O)N[C@H](CN1Cc2ccccc2S1(=O)=O)C(C)(C)C)C(=O)N1C[C@H]2[C@@H]([C@H]1C(=O)NC(CC1CC1)C(=O)C(N)=O)C2(C)C. The minimum absolute atomic E-state index is 0.0287. The number of fused-ring (bicyclic) bond motifs is 2. The Balaban J connectivity index is 1.32. The number of hydrogen-bond donors (Lipinski definition) is 4. The van der Waals surface area contributed by atoms with E-state index in [0.29, 0.717) is 18.5 Å². The van der Waals surface area contributed by atoms with Crippen molar-refractivity contribution in [3.8, 4) is 0 Å². The smallest absolute Gasteiger partial charge is 0.315 e. The Hall–Kier alpha value is -3.52. The second kappa shape index (κ2) is 12.7. The van der Waals surface area contributed by atoms with E-state index in [9.17, 15) is 32.4 Å². The summed E-state index contributed by atoms with van der Waals surface area (Å²) in [6, 6.07) is 2.59. The number of nitrogens with two attached hydrogens (primary N) is 1. The maximum absolute atomic E-state index is 14.4. The molecule has 1 aromatic carbocycles. The van der Waals surface area contributed by atoms with Crippen molar-refractivity contribution in [3.05, 3.63) is 29.8 Å². The van der Waals surface area contributed by atoms with Crippen molar-refractivity contribution in [1.82, 2.24) is 25.2 Å². The predicted molar refractivity (Wildman–Crippen MR) is 182 cm³/mol. The molecule has 1 aromatic rings. The second-order valence-electron chi connectivity index (χ2n) is 17.1. The van der Waals surface area contributed by atoms with Crippen LogP contribution in [0.25, 0.3) is 0 Å². The molecule has 1 unspecified atom stereocenters. The first-order chi connectivity index (χ1) is 22.5. The first kappa shape index (κ1) is 36.8. The molecule has 2 aliphatic heterocycles. The molecule has 5 amide bonds. The minimum atomic E-state index is -3.74. The molecule has 2 saturated carbocycles. The Labute approximate surface area is 289 Å². The van der Waals surface area contributed by atoms with Crippen LogP contribution in [0.1, 0.15) is 80.2 Å². The van der Waals surface area contributed by atoms with Gasteiger partial charge in [-0.2, -0.15) is 4.31 Å². The summed E-state index contributed by atoms with van der Waals surface area (Å²) in [6.45, 7) is 15.8. The number of carbonyl (C=O) groups is 5. The van der Waals surface area contributed by atoms with Gasteiger partial charge in [0.15, 0.2) is 0 Å². The summed E-state index contributed by atoms with van der Waals surface area (Å²) in [5.74, 6) is -2.79. The van der Waals surface area contributed by atoms with Crippen LogP contribution in [0, 0.1) is 34.0 Å². The number of benzene rings is 1. The van der Waals surface area contributed by atoms with Crippen molar-refractivity contribution in [2.45, 2.75) is 110 Å². The molecule has 3 fully saturated rings. The lowest BCUT2D eigenvalue weighted by Crippen LogP contribution is -2.62. The highest BCUT2D eigenvalue weighted by Crippen LogP contribution is 2.65. The van der Waals surface area contributed by atoms with Gasteiger partial charge in [0.1, 0.15) is 12.1 Å². The summed E-state index contributed by atoms with van der Waals surface area (Å²) >= 11 is 0. The van der Waals surface area contributed by atoms with Gasteiger partial charge in [0.25, 0.3) is 5.91 Å². The third-order valence-corrected chi connectivity index (χ3v) is 12.9. The summed E-state index contributed by atoms with van der Waals surface area (Å²) in [5.41, 5.74) is 4.47. The van der Waals surface area contributed by atoms with E-state index in [-0.39, 0.29) is 41.2 Å². The summed E-state index contributed by atoms with van der Waals surface area (Å²) in [7, 11) is -3.74. The zero-order chi connectivity index (χ0) is 36.4. The molecule has 4 aliphatic rings. The lowest BCUT2D eigenvalue weighted by molar-refractivity contribution is -0.145. The number of sulfonamides is 1. The fourth-order valence-corrected chi connectivity index (χ4v) is 9.16. The Kier molecular flexibility index (Phi) is 9.50. The van der Waals surface area contributed by atoms with Crippen LogP contribution >= 0.6 is 0 Å². The van der Waals surface area contributed by atoms with E-state index in [1.165, 1.54) is 9.21 Å². The number of nitrogens with zero attached hydrogens (tertiary/aromatic N) is 2. The van der Waals surface area contributed by atoms with Crippen molar-refractivity contribution >= 4 is 39.6 Å². The number of nitrogens with one attached hydrogen (secondary N) is 3.